The van der Waals surface area contributed by atoms with Gasteiger partial charge in [-0.15, -0.1) is 0 Å². The normalized spacial score (nSPS) is 28.7. The Morgan fingerprint density at radius 3 is 2.84 bits per heavy atom. The minimum atomic E-state index is 0.444. The molecule has 1 aromatic carbocycles. The summed E-state index contributed by atoms with van der Waals surface area (Å²) < 4.78 is 0. The molecule has 2 nitrogen and oxygen atoms in total. The van der Waals surface area contributed by atoms with Crippen molar-refractivity contribution in [1.82, 2.24) is 0 Å². The number of Topliss-reactive ketones (excluding diaryl/α,β-unsaturated/α-hetero) is 1. The van der Waals surface area contributed by atoms with E-state index in [1.54, 1.807) is 0 Å². The van der Waals surface area contributed by atoms with Crippen LogP contribution in [-0.4, -0.2) is 5.78 Å². The van der Waals surface area contributed by atoms with E-state index in [2.05, 4.69) is 6.07 Å². The SMILES string of the molecule is Nc1cccc(CCC(=O)CC2CC3CCC2C3)c1. The van der Waals surface area contributed by atoms with Gasteiger partial charge < -0.3 is 5.73 Å². The third-order valence-corrected chi connectivity index (χ3v) is 5.02. The summed E-state index contributed by atoms with van der Waals surface area (Å²) in [5.74, 6) is 2.95. The fourth-order valence-corrected chi connectivity index (χ4v) is 4.05. The number of carbonyl (C=O) groups excluding carboxylic acids is 1. The third-order valence-electron chi connectivity index (χ3n) is 5.02. The molecule has 3 rings (SSSR count). The highest BCUT2D eigenvalue weighted by molar-refractivity contribution is 5.79. The van der Waals surface area contributed by atoms with E-state index in [9.17, 15) is 4.79 Å². The van der Waals surface area contributed by atoms with Gasteiger partial charge in [0, 0.05) is 18.5 Å². The number of hydrogen-bond donors (Lipinski definition) is 1. The van der Waals surface area contributed by atoms with Crippen molar-refractivity contribution < 1.29 is 4.79 Å². The van der Waals surface area contributed by atoms with E-state index in [1.165, 1.54) is 31.2 Å². The van der Waals surface area contributed by atoms with Crippen molar-refractivity contribution in [3.63, 3.8) is 0 Å². The van der Waals surface area contributed by atoms with Crippen LogP contribution in [-0.2, 0) is 11.2 Å². The largest absolute Gasteiger partial charge is 0.399 e. The second kappa shape index (κ2) is 5.36. The summed E-state index contributed by atoms with van der Waals surface area (Å²) in [6, 6.07) is 7.89. The van der Waals surface area contributed by atoms with Crippen LogP contribution in [0.5, 0.6) is 0 Å². The Balaban J connectivity index is 1.47. The number of nitrogen functional groups attached to an aromatic ring is 1. The topological polar surface area (TPSA) is 43.1 Å². The number of benzene rings is 1. The molecule has 0 radical (unpaired) electrons. The van der Waals surface area contributed by atoms with Crippen molar-refractivity contribution in [1.29, 1.82) is 0 Å². The predicted octanol–water partition coefficient (Wildman–Crippen LogP) is 3.60. The number of anilines is 1. The molecule has 0 heterocycles. The van der Waals surface area contributed by atoms with Crippen molar-refractivity contribution >= 4 is 11.5 Å². The quantitative estimate of drug-likeness (QED) is 0.819. The van der Waals surface area contributed by atoms with E-state index < -0.39 is 0 Å². The number of carbonyl (C=O) groups is 1. The maximum atomic E-state index is 12.1. The van der Waals surface area contributed by atoms with Gasteiger partial charge >= 0.3 is 0 Å². The molecular formula is C17H23NO. The van der Waals surface area contributed by atoms with E-state index in [-0.39, 0.29) is 0 Å². The fourth-order valence-electron chi connectivity index (χ4n) is 4.05. The number of hydrogen-bond acceptors (Lipinski definition) is 2. The summed E-state index contributed by atoms with van der Waals surface area (Å²) in [5.41, 5.74) is 7.72. The Morgan fingerprint density at radius 1 is 1.26 bits per heavy atom. The molecule has 2 bridgehead atoms. The predicted molar refractivity (Wildman–Crippen MR) is 77.7 cm³/mol. The second-order valence-corrected chi connectivity index (χ2v) is 6.42. The van der Waals surface area contributed by atoms with Gasteiger partial charge in [0.15, 0.2) is 0 Å². The molecule has 1 aromatic rings. The van der Waals surface area contributed by atoms with Gasteiger partial charge in [0.05, 0.1) is 0 Å². The molecule has 2 aliphatic rings. The lowest BCUT2D eigenvalue weighted by atomic mass is 9.84. The summed E-state index contributed by atoms with van der Waals surface area (Å²) in [4.78, 5) is 12.1. The van der Waals surface area contributed by atoms with Gasteiger partial charge in [-0.25, -0.2) is 0 Å². The summed E-state index contributed by atoms with van der Waals surface area (Å²) >= 11 is 0. The standard InChI is InChI=1S/C17H23NO/c18-16-3-1-2-12(10-16)5-7-17(19)11-15-9-13-4-6-14(15)8-13/h1-3,10,13-15H,4-9,11,18H2. The molecular weight excluding hydrogens is 234 g/mol. The van der Waals surface area contributed by atoms with Crippen molar-refractivity contribution in [2.45, 2.75) is 44.9 Å². The molecule has 3 atom stereocenters. The minimum Gasteiger partial charge on any atom is -0.399 e. The Bertz CT molecular complexity index is 468. The third kappa shape index (κ3) is 2.99. The average Bonchev–Trinajstić information content (AvgIpc) is 2.99. The molecule has 0 aliphatic heterocycles. The molecule has 102 valence electrons. The van der Waals surface area contributed by atoms with Gasteiger partial charge in [0.2, 0.25) is 0 Å². The van der Waals surface area contributed by atoms with Crippen LogP contribution in [0.2, 0.25) is 0 Å². The fraction of sp³-hybridized carbons (Fsp3) is 0.588. The van der Waals surface area contributed by atoms with Crippen LogP contribution in [0.25, 0.3) is 0 Å². The summed E-state index contributed by atoms with van der Waals surface area (Å²) in [7, 11) is 0. The maximum Gasteiger partial charge on any atom is 0.133 e. The summed E-state index contributed by atoms with van der Waals surface area (Å²) in [6.07, 6.45) is 7.84. The molecule has 0 amide bonds. The summed E-state index contributed by atoms with van der Waals surface area (Å²) in [6.45, 7) is 0. The van der Waals surface area contributed by atoms with E-state index in [0.717, 1.165) is 30.4 Å². The van der Waals surface area contributed by atoms with Gasteiger partial charge in [0.1, 0.15) is 5.78 Å². The molecule has 0 saturated heterocycles. The Labute approximate surface area is 115 Å². The smallest absolute Gasteiger partial charge is 0.133 e. The van der Waals surface area contributed by atoms with E-state index in [4.69, 9.17) is 5.73 Å². The first kappa shape index (κ1) is 12.7. The molecule has 2 N–H and O–H groups in total. The summed E-state index contributed by atoms with van der Waals surface area (Å²) in [5, 5.41) is 0. The maximum absolute atomic E-state index is 12.1. The zero-order valence-corrected chi connectivity index (χ0v) is 11.5. The van der Waals surface area contributed by atoms with Gasteiger partial charge in [-0.3, -0.25) is 4.79 Å². The van der Waals surface area contributed by atoms with Crippen LogP contribution < -0.4 is 5.73 Å². The highest BCUT2D eigenvalue weighted by Gasteiger charge is 2.39. The average molecular weight is 257 g/mol. The van der Waals surface area contributed by atoms with Crippen molar-refractivity contribution in [2.75, 3.05) is 5.73 Å². The number of ketones is 1. The van der Waals surface area contributed by atoms with Crippen LogP contribution in [0.1, 0.15) is 44.1 Å². The van der Waals surface area contributed by atoms with Crippen molar-refractivity contribution in [2.24, 2.45) is 17.8 Å². The Morgan fingerprint density at radius 2 is 2.16 bits per heavy atom. The van der Waals surface area contributed by atoms with E-state index >= 15 is 0 Å². The molecule has 19 heavy (non-hydrogen) atoms. The van der Waals surface area contributed by atoms with Gasteiger partial charge in [-0.2, -0.15) is 0 Å². The number of nitrogens with two attached hydrogens (primary N) is 1. The van der Waals surface area contributed by atoms with Gasteiger partial charge in [-0.1, -0.05) is 18.6 Å². The lowest BCUT2D eigenvalue weighted by Gasteiger charge is -2.20. The highest BCUT2D eigenvalue weighted by atomic mass is 16.1. The van der Waals surface area contributed by atoms with Crippen molar-refractivity contribution in [3.8, 4) is 0 Å². The first-order valence-electron chi connectivity index (χ1n) is 7.57. The molecule has 0 spiro atoms. The molecule has 2 aliphatic carbocycles. The Hall–Kier alpha value is -1.31. The van der Waals surface area contributed by atoms with Crippen molar-refractivity contribution in [3.05, 3.63) is 29.8 Å². The molecule has 3 unspecified atom stereocenters. The van der Waals surface area contributed by atoms with Crippen LogP contribution in [0.4, 0.5) is 5.69 Å². The molecule has 2 saturated carbocycles. The van der Waals surface area contributed by atoms with Gasteiger partial charge in [0.25, 0.3) is 0 Å². The minimum absolute atomic E-state index is 0.444. The molecule has 2 fully saturated rings. The van der Waals surface area contributed by atoms with Crippen LogP contribution >= 0.6 is 0 Å². The van der Waals surface area contributed by atoms with E-state index in [0.29, 0.717) is 18.1 Å². The zero-order chi connectivity index (χ0) is 13.2. The second-order valence-electron chi connectivity index (χ2n) is 6.42. The van der Waals surface area contributed by atoms with Crippen LogP contribution in [0.3, 0.4) is 0 Å². The number of fused-ring (bicyclic) bond motifs is 2. The first-order chi connectivity index (χ1) is 9.20. The molecule has 0 aromatic heterocycles. The highest BCUT2D eigenvalue weighted by Crippen LogP contribution is 2.49. The molecule has 2 heteroatoms. The van der Waals surface area contributed by atoms with Gasteiger partial charge in [-0.05, 0) is 61.1 Å². The van der Waals surface area contributed by atoms with Crippen LogP contribution in [0, 0.1) is 17.8 Å². The first-order valence-corrected chi connectivity index (χ1v) is 7.57. The number of rotatable bonds is 5. The monoisotopic (exact) mass is 257 g/mol. The Kier molecular flexibility index (Phi) is 3.58. The zero-order valence-electron chi connectivity index (χ0n) is 11.5. The van der Waals surface area contributed by atoms with Crippen LogP contribution in [0.15, 0.2) is 24.3 Å². The lowest BCUT2D eigenvalue weighted by molar-refractivity contribution is -0.120. The number of aryl methyl sites for hydroxylation is 1. The van der Waals surface area contributed by atoms with E-state index in [1.807, 2.05) is 18.2 Å². The lowest BCUT2D eigenvalue weighted by Crippen LogP contribution is -2.15.